The van der Waals surface area contributed by atoms with Crippen LogP contribution in [0.4, 0.5) is 14.5 Å². The first kappa shape index (κ1) is 25.1. The number of carbonyl (C=O) groups is 2. The number of anilines is 1. The highest BCUT2D eigenvalue weighted by atomic mass is 32.1. The zero-order valence-electron chi connectivity index (χ0n) is 20.4. The minimum atomic E-state index is -2.86. The molecule has 5 rings (SSSR count). The first-order chi connectivity index (χ1) is 17.2. The molecule has 194 valence electrons. The molecule has 1 aromatic carbocycles. The van der Waals surface area contributed by atoms with Gasteiger partial charge in [-0.3, -0.25) is 14.5 Å². The van der Waals surface area contributed by atoms with Gasteiger partial charge in [0.25, 0.3) is 17.0 Å². The highest BCUT2D eigenvalue weighted by molar-refractivity contribution is 7.13. The van der Waals surface area contributed by atoms with Crippen molar-refractivity contribution in [2.75, 3.05) is 25.0 Å². The van der Waals surface area contributed by atoms with Gasteiger partial charge in [0.15, 0.2) is 6.61 Å². The Morgan fingerprint density at radius 3 is 2.89 bits per heavy atom. The summed E-state index contributed by atoms with van der Waals surface area (Å²) in [7, 11) is 0. The van der Waals surface area contributed by atoms with E-state index in [9.17, 15) is 18.4 Å². The van der Waals surface area contributed by atoms with Gasteiger partial charge in [0.1, 0.15) is 0 Å². The number of nitrogens with zero attached hydrogens (tertiary/aromatic N) is 2. The van der Waals surface area contributed by atoms with E-state index in [0.29, 0.717) is 28.8 Å². The summed E-state index contributed by atoms with van der Waals surface area (Å²) in [5, 5.41) is 6.33. The lowest BCUT2D eigenvalue weighted by Crippen LogP contribution is -2.38. The van der Waals surface area contributed by atoms with E-state index in [2.05, 4.69) is 20.5 Å². The van der Waals surface area contributed by atoms with Gasteiger partial charge in [-0.15, -0.1) is 0 Å². The summed E-state index contributed by atoms with van der Waals surface area (Å²) in [6, 6.07) is 5.64. The lowest BCUT2D eigenvalue weighted by Gasteiger charge is -2.32. The molecule has 2 N–H and O–H groups in total. The summed E-state index contributed by atoms with van der Waals surface area (Å²) in [6.45, 7) is 2.87. The van der Waals surface area contributed by atoms with E-state index in [4.69, 9.17) is 4.74 Å². The van der Waals surface area contributed by atoms with Gasteiger partial charge in [-0.2, -0.15) is 0 Å². The molecule has 1 aromatic heterocycles. The molecule has 2 amide bonds. The van der Waals surface area contributed by atoms with Gasteiger partial charge in [0, 0.05) is 30.9 Å². The largest absolute Gasteiger partial charge is 0.464 e. The van der Waals surface area contributed by atoms with Gasteiger partial charge in [-0.25, -0.2) is 13.8 Å². The van der Waals surface area contributed by atoms with Crippen LogP contribution in [0.15, 0.2) is 18.2 Å². The number of hydrogen-bond donors (Lipinski definition) is 2. The van der Waals surface area contributed by atoms with Crippen molar-refractivity contribution >= 4 is 28.8 Å². The summed E-state index contributed by atoms with van der Waals surface area (Å²) in [6.07, 6.45) is 6.37. The van der Waals surface area contributed by atoms with E-state index in [0.717, 1.165) is 81.2 Å². The molecular formula is C26H32F2N4O3S. The molecule has 3 heterocycles. The van der Waals surface area contributed by atoms with Crippen LogP contribution in [0.5, 0.6) is 5.19 Å². The van der Waals surface area contributed by atoms with Crippen molar-refractivity contribution in [2.24, 2.45) is 5.92 Å². The summed E-state index contributed by atoms with van der Waals surface area (Å²) in [4.78, 5) is 32.6. The van der Waals surface area contributed by atoms with Crippen LogP contribution in [0.2, 0.25) is 0 Å². The van der Waals surface area contributed by atoms with Crippen LogP contribution in [0.3, 0.4) is 0 Å². The van der Waals surface area contributed by atoms with Gasteiger partial charge in [0.2, 0.25) is 5.91 Å². The van der Waals surface area contributed by atoms with Crippen LogP contribution in [-0.4, -0.2) is 53.4 Å². The van der Waals surface area contributed by atoms with Crippen molar-refractivity contribution in [1.29, 1.82) is 0 Å². The Labute approximate surface area is 213 Å². The average molecular weight is 519 g/mol. The zero-order chi connectivity index (χ0) is 25.3. The standard InChI is InChI=1S/C26H32F2N4O3S/c1-26(27,28)15-35-25-30-20-14-32(12-10-21(20)36-25)11-9-16-5-7-18(8-6-16)29-24(34)19-4-2-3-17-13-22(33)31-23(17)19/h2-4,16,18H,5-15H2,1H3,(H,29,34)(H,31,33)/t16-,18-. The number of hydrogen-bond acceptors (Lipinski definition) is 6. The first-order valence-electron chi connectivity index (χ1n) is 12.7. The fraction of sp³-hybridized carbons (Fsp3) is 0.577. The Morgan fingerprint density at radius 2 is 2.11 bits per heavy atom. The van der Waals surface area contributed by atoms with Gasteiger partial charge in [-0.1, -0.05) is 23.5 Å². The van der Waals surface area contributed by atoms with Crippen molar-refractivity contribution in [3.8, 4) is 5.19 Å². The van der Waals surface area contributed by atoms with Crippen LogP contribution in [0.1, 0.15) is 65.5 Å². The number of carbonyl (C=O) groups excluding carboxylic acids is 2. The number of aromatic nitrogens is 1. The minimum Gasteiger partial charge on any atom is -0.464 e. The Bertz CT molecular complexity index is 1120. The maximum Gasteiger partial charge on any atom is 0.278 e. The fourth-order valence-electron chi connectivity index (χ4n) is 5.33. The second-order valence-corrected chi connectivity index (χ2v) is 11.3. The second kappa shape index (κ2) is 10.4. The number of para-hydroxylation sites is 1. The maximum absolute atomic E-state index is 13.1. The van der Waals surface area contributed by atoms with E-state index < -0.39 is 12.5 Å². The molecular weight excluding hydrogens is 486 g/mol. The number of amides is 2. The summed E-state index contributed by atoms with van der Waals surface area (Å²) in [5.74, 6) is -2.42. The molecule has 0 spiro atoms. The maximum atomic E-state index is 13.1. The highest BCUT2D eigenvalue weighted by Crippen LogP contribution is 2.33. The third-order valence-corrected chi connectivity index (χ3v) is 8.35. The quantitative estimate of drug-likeness (QED) is 0.541. The van der Waals surface area contributed by atoms with Crippen LogP contribution >= 0.6 is 11.3 Å². The van der Waals surface area contributed by atoms with Crippen LogP contribution < -0.4 is 15.4 Å². The molecule has 36 heavy (non-hydrogen) atoms. The molecule has 1 fully saturated rings. The van der Waals surface area contributed by atoms with Crippen molar-refractivity contribution in [3.63, 3.8) is 0 Å². The zero-order valence-corrected chi connectivity index (χ0v) is 21.3. The third kappa shape index (κ3) is 6.03. The second-order valence-electron chi connectivity index (χ2n) is 10.3. The van der Waals surface area contributed by atoms with E-state index >= 15 is 0 Å². The number of halogens is 2. The molecule has 3 aliphatic rings. The molecule has 7 nitrogen and oxygen atoms in total. The van der Waals surface area contributed by atoms with E-state index in [1.165, 1.54) is 11.3 Å². The Morgan fingerprint density at radius 1 is 1.31 bits per heavy atom. The fourth-order valence-corrected chi connectivity index (χ4v) is 6.24. The SMILES string of the molecule is CC(F)(F)COc1nc2c(s1)CCN(CC[C@H]1CC[C@H](NC(=O)c3cccc4c3NC(=O)C4)CC1)C2. The lowest BCUT2D eigenvalue weighted by molar-refractivity contribution is -0.115. The predicted molar refractivity (Wildman–Crippen MR) is 134 cm³/mol. The van der Waals surface area contributed by atoms with Gasteiger partial charge < -0.3 is 15.4 Å². The summed E-state index contributed by atoms with van der Waals surface area (Å²) in [5.41, 5.74) is 3.03. The van der Waals surface area contributed by atoms with Crippen LogP contribution in [0.25, 0.3) is 0 Å². The van der Waals surface area contributed by atoms with E-state index in [-0.39, 0.29) is 17.9 Å². The van der Waals surface area contributed by atoms with E-state index in [1.54, 1.807) is 6.07 Å². The molecule has 0 radical (unpaired) electrons. The molecule has 10 heteroatoms. The van der Waals surface area contributed by atoms with Crippen LogP contribution in [-0.2, 0) is 24.2 Å². The van der Waals surface area contributed by atoms with Gasteiger partial charge in [0.05, 0.1) is 23.4 Å². The predicted octanol–water partition coefficient (Wildman–Crippen LogP) is 4.41. The number of thiazole rings is 1. The highest BCUT2D eigenvalue weighted by Gasteiger charge is 2.28. The average Bonchev–Trinajstić information content (AvgIpc) is 3.43. The van der Waals surface area contributed by atoms with Gasteiger partial charge in [-0.05, 0) is 62.6 Å². The van der Waals surface area contributed by atoms with Crippen molar-refractivity contribution in [3.05, 3.63) is 39.9 Å². The number of benzene rings is 1. The van der Waals surface area contributed by atoms with E-state index in [1.807, 2.05) is 12.1 Å². The molecule has 2 aromatic rings. The number of nitrogens with one attached hydrogen (secondary N) is 2. The Kier molecular flexibility index (Phi) is 7.25. The summed E-state index contributed by atoms with van der Waals surface area (Å²) >= 11 is 1.39. The van der Waals surface area contributed by atoms with Crippen molar-refractivity contribution < 1.29 is 23.1 Å². The third-order valence-electron chi connectivity index (χ3n) is 7.28. The topological polar surface area (TPSA) is 83.6 Å². The lowest BCUT2D eigenvalue weighted by atomic mass is 9.84. The monoisotopic (exact) mass is 518 g/mol. The molecule has 1 saturated carbocycles. The molecule has 1 aliphatic carbocycles. The molecule has 0 unspecified atom stereocenters. The number of alkyl halides is 2. The normalized spacial score (nSPS) is 22.0. The van der Waals surface area contributed by atoms with Crippen molar-refractivity contribution in [2.45, 2.75) is 70.4 Å². The van der Waals surface area contributed by atoms with Gasteiger partial charge >= 0.3 is 0 Å². The molecule has 0 atom stereocenters. The van der Waals surface area contributed by atoms with Crippen molar-refractivity contribution in [1.82, 2.24) is 15.2 Å². The summed E-state index contributed by atoms with van der Waals surface area (Å²) < 4.78 is 31.3. The van der Waals surface area contributed by atoms with Crippen LogP contribution in [0, 0.1) is 5.92 Å². The number of rotatable bonds is 8. The Hall–Kier alpha value is -2.59. The molecule has 0 bridgehead atoms. The number of fused-ring (bicyclic) bond motifs is 2. The molecule has 0 saturated heterocycles. The number of ether oxygens (including phenoxy) is 1. The minimum absolute atomic E-state index is 0.0691. The Balaban J connectivity index is 1.05. The first-order valence-corrected chi connectivity index (χ1v) is 13.5. The molecule has 2 aliphatic heterocycles. The smallest absolute Gasteiger partial charge is 0.278 e.